The van der Waals surface area contributed by atoms with Gasteiger partial charge in [0.15, 0.2) is 0 Å². The highest BCUT2D eigenvalue weighted by molar-refractivity contribution is 7.15. The van der Waals surface area contributed by atoms with E-state index in [4.69, 9.17) is 0 Å². The fourth-order valence-corrected chi connectivity index (χ4v) is 4.19. The van der Waals surface area contributed by atoms with E-state index < -0.39 is 0 Å². The molecule has 3 aromatic rings. The van der Waals surface area contributed by atoms with Crippen molar-refractivity contribution in [2.45, 2.75) is 32.1 Å². The Balaban J connectivity index is 1.45. The van der Waals surface area contributed by atoms with Crippen molar-refractivity contribution in [3.63, 3.8) is 0 Å². The number of nitrogens with one attached hydrogen (secondary N) is 1. The van der Waals surface area contributed by atoms with Gasteiger partial charge >= 0.3 is 0 Å². The van der Waals surface area contributed by atoms with Crippen LogP contribution in [0.25, 0.3) is 0 Å². The molecule has 0 bridgehead atoms. The molecule has 1 saturated heterocycles. The molecule has 0 radical (unpaired) electrons. The Morgan fingerprint density at radius 1 is 1.07 bits per heavy atom. The molecule has 0 unspecified atom stereocenters. The van der Waals surface area contributed by atoms with Gasteiger partial charge in [-0.05, 0) is 44.4 Å². The summed E-state index contributed by atoms with van der Waals surface area (Å²) in [6.07, 6.45) is 4.02. The van der Waals surface area contributed by atoms with Crippen molar-refractivity contribution in [3.8, 4) is 0 Å². The molecule has 0 spiro atoms. The second-order valence-corrected chi connectivity index (χ2v) is 8.43. The molecule has 144 valence electrons. The molecule has 7 heteroatoms. The number of benzene rings is 1. The first kappa shape index (κ1) is 18.6. The lowest BCUT2D eigenvalue weighted by atomic mass is 9.85. The van der Waals surface area contributed by atoms with Gasteiger partial charge in [0.05, 0.1) is 5.56 Å². The van der Waals surface area contributed by atoms with E-state index in [-0.39, 0.29) is 11.3 Å². The van der Waals surface area contributed by atoms with E-state index in [9.17, 15) is 4.79 Å². The van der Waals surface area contributed by atoms with Gasteiger partial charge in [-0.15, -0.1) is 10.2 Å². The molecule has 1 aromatic carbocycles. The first-order valence-corrected chi connectivity index (χ1v) is 10.3. The molecule has 0 aliphatic carbocycles. The van der Waals surface area contributed by atoms with Gasteiger partial charge in [0, 0.05) is 24.7 Å². The number of anilines is 2. The van der Waals surface area contributed by atoms with Gasteiger partial charge in [-0.1, -0.05) is 41.7 Å². The predicted molar refractivity (Wildman–Crippen MR) is 112 cm³/mol. The predicted octanol–water partition coefficient (Wildman–Crippen LogP) is 4.11. The molecular weight excluding hydrogens is 370 g/mol. The number of rotatable bonds is 5. The van der Waals surface area contributed by atoms with Crippen molar-refractivity contribution >= 4 is 28.2 Å². The van der Waals surface area contributed by atoms with Crippen LogP contribution in [0.15, 0.2) is 48.7 Å². The Hall–Kier alpha value is -2.80. The van der Waals surface area contributed by atoms with Gasteiger partial charge in [-0.3, -0.25) is 10.1 Å². The van der Waals surface area contributed by atoms with Crippen molar-refractivity contribution < 1.29 is 4.79 Å². The lowest BCUT2D eigenvalue weighted by Gasteiger charge is -2.21. The summed E-state index contributed by atoms with van der Waals surface area (Å²) in [5.74, 6) is 0.706. The highest BCUT2D eigenvalue weighted by atomic mass is 32.1. The number of amides is 1. The van der Waals surface area contributed by atoms with Gasteiger partial charge in [-0.25, -0.2) is 4.98 Å². The van der Waals surface area contributed by atoms with Crippen LogP contribution in [-0.4, -0.2) is 34.2 Å². The lowest BCUT2D eigenvalue weighted by Crippen LogP contribution is -2.19. The maximum Gasteiger partial charge on any atom is 0.259 e. The van der Waals surface area contributed by atoms with Crippen LogP contribution >= 0.6 is 11.3 Å². The number of aromatic nitrogens is 3. The Morgan fingerprint density at radius 2 is 1.82 bits per heavy atom. The summed E-state index contributed by atoms with van der Waals surface area (Å²) in [5, 5.41) is 12.7. The summed E-state index contributed by atoms with van der Waals surface area (Å²) < 4.78 is 0. The summed E-state index contributed by atoms with van der Waals surface area (Å²) >= 11 is 1.40. The van der Waals surface area contributed by atoms with Gasteiger partial charge in [0.1, 0.15) is 10.8 Å². The zero-order chi connectivity index (χ0) is 19.6. The van der Waals surface area contributed by atoms with E-state index in [0.717, 1.165) is 29.5 Å². The topological polar surface area (TPSA) is 71.0 Å². The van der Waals surface area contributed by atoms with E-state index in [1.54, 1.807) is 6.20 Å². The molecule has 1 aliphatic heterocycles. The number of carbonyl (C=O) groups is 1. The van der Waals surface area contributed by atoms with Gasteiger partial charge < -0.3 is 4.90 Å². The molecule has 1 aliphatic rings. The molecule has 4 rings (SSSR count). The molecule has 28 heavy (non-hydrogen) atoms. The molecule has 2 aromatic heterocycles. The van der Waals surface area contributed by atoms with Crippen LogP contribution in [0, 0.1) is 0 Å². The standard InChI is InChI=1S/C21H23N5OS/c1-21(2,16-8-4-3-5-9-16)19-24-25-20(28-19)23-18(27)15-10-11-17(22-14-15)26-12-6-7-13-26/h3-5,8-11,14H,6-7,12-13H2,1-2H3,(H,23,25,27). The highest BCUT2D eigenvalue weighted by Gasteiger charge is 2.27. The van der Waals surface area contributed by atoms with E-state index in [2.05, 4.69) is 51.4 Å². The molecule has 1 amide bonds. The number of pyridine rings is 1. The third kappa shape index (κ3) is 3.75. The van der Waals surface area contributed by atoms with Gasteiger partial charge in [0.2, 0.25) is 5.13 Å². The van der Waals surface area contributed by atoms with Crippen LogP contribution in [-0.2, 0) is 5.41 Å². The third-order valence-corrected chi connectivity index (χ3v) is 6.28. The summed E-state index contributed by atoms with van der Waals surface area (Å²) in [6, 6.07) is 13.9. The number of hydrogen-bond acceptors (Lipinski definition) is 6. The maximum atomic E-state index is 12.5. The number of hydrogen-bond donors (Lipinski definition) is 1. The summed E-state index contributed by atoms with van der Waals surface area (Å²) in [5.41, 5.74) is 1.40. The monoisotopic (exact) mass is 393 g/mol. The van der Waals surface area contributed by atoms with E-state index in [1.165, 1.54) is 24.2 Å². The fraction of sp³-hybridized carbons (Fsp3) is 0.333. The average molecular weight is 394 g/mol. The normalized spacial score (nSPS) is 14.3. The molecule has 3 heterocycles. The third-order valence-electron chi connectivity index (χ3n) is 5.12. The van der Waals surface area contributed by atoms with Crippen LogP contribution in [0.3, 0.4) is 0 Å². The maximum absolute atomic E-state index is 12.5. The van der Waals surface area contributed by atoms with Crippen LogP contribution in [0.4, 0.5) is 10.9 Å². The Morgan fingerprint density at radius 3 is 2.50 bits per heavy atom. The van der Waals surface area contributed by atoms with Crippen molar-refractivity contribution in [1.82, 2.24) is 15.2 Å². The van der Waals surface area contributed by atoms with E-state index in [0.29, 0.717) is 10.7 Å². The summed E-state index contributed by atoms with van der Waals surface area (Å²) in [7, 11) is 0. The first-order chi connectivity index (χ1) is 13.5. The summed E-state index contributed by atoms with van der Waals surface area (Å²) in [4.78, 5) is 19.2. The zero-order valence-corrected chi connectivity index (χ0v) is 16.9. The molecule has 6 nitrogen and oxygen atoms in total. The van der Waals surface area contributed by atoms with Crippen LogP contribution < -0.4 is 10.2 Å². The minimum Gasteiger partial charge on any atom is -0.357 e. The van der Waals surface area contributed by atoms with Crippen LogP contribution in [0.1, 0.15) is 47.6 Å². The van der Waals surface area contributed by atoms with E-state index >= 15 is 0 Å². The van der Waals surface area contributed by atoms with Gasteiger partial charge in [-0.2, -0.15) is 0 Å². The first-order valence-electron chi connectivity index (χ1n) is 9.46. The van der Waals surface area contributed by atoms with Crippen molar-refractivity contribution in [1.29, 1.82) is 0 Å². The Labute approximate surface area is 168 Å². The lowest BCUT2D eigenvalue weighted by molar-refractivity contribution is 0.102. The van der Waals surface area contributed by atoms with Crippen LogP contribution in [0.5, 0.6) is 0 Å². The zero-order valence-electron chi connectivity index (χ0n) is 16.1. The number of nitrogens with zero attached hydrogens (tertiary/aromatic N) is 4. The van der Waals surface area contributed by atoms with Crippen LogP contribution in [0.2, 0.25) is 0 Å². The second-order valence-electron chi connectivity index (χ2n) is 7.46. The smallest absolute Gasteiger partial charge is 0.259 e. The molecule has 1 N–H and O–H groups in total. The Kier molecular flexibility index (Phi) is 5.09. The largest absolute Gasteiger partial charge is 0.357 e. The Bertz CT molecular complexity index is 946. The second kappa shape index (κ2) is 7.67. The minimum absolute atomic E-state index is 0.222. The molecular formula is C21H23N5OS. The molecule has 0 saturated carbocycles. The fourth-order valence-electron chi connectivity index (χ4n) is 3.33. The quantitative estimate of drug-likeness (QED) is 0.706. The van der Waals surface area contributed by atoms with Crippen molar-refractivity contribution in [2.75, 3.05) is 23.3 Å². The SMILES string of the molecule is CC(C)(c1ccccc1)c1nnc(NC(=O)c2ccc(N3CCCC3)nc2)s1. The highest BCUT2D eigenvalue weighted by Crippen LogP contribution is 2.34. The van der Waals surface area contributed by atoms with Crippen molar-refractivity contribution in [2.24, 2.45) is 0 Å². The van der Waals surface area contributed by atoms with E-state index in [1.807, 2.05) is 30.3 Å². The van der Waals surface area contributed by atoms with Crippen molar-refractivity contribution in [3.05, 3.63) is 64.8 Å². The summed E-state index contributed by atoms with van der Waals surface area (Å²) in [6.45, 7) is 6.28. The minimum atomic E-state index is -0.277. The number of carbonyl (C=O) groups excluding carboxylic acids is 1. The molecule has 0 atom stereocenters. The van der Waals surface area contributed by atoms with Gasteiger partial charge in [0.25, 0.3) is 5.91 Å². The molecule has 1 fully saturated rings. The average Bonchev–Trinajstić information content (AvgIpc) is 3.41.